The number of benzene rings is 1. The number of aryl methyl sites for hydroxylation is 1. The van der Waals surface area contributed by atoms with E-state index in [4.69, 9.17) is 4.98 Å². The molecular formula is C26H23N9O. The molecule has 3 N–H and O–H groups in total. The van der Waals surface area contributed by atoms with Gasteiger partial charge in [0.05, 0.1) is 28.6 Å². The smallest absolute Gasteiger partial charge is 0.226 e. The number of H-pyrrole nitrogens is 2. The molecule has 0 aliphatic carbocycles. The van der Waals surface area contributed by atoms with Crippen LogP contribution in [0.2, 0.25) is 0 Å². The van der Waals surface area contributed by atoms with E-state index in [1.165, 1.54) is 0 Å². The van der Waals surface area contributed by atoms with Gasteiger partial charge in [-0.1, -0.05) is 19.9 Å². The number of pyridine rings is 2. The maximum atomic E-state index is 12.1. The lowest BCUT2D eigenvalue weighted by Gasteiger charge is -2.09. The number of fused-ring (bicyclic) bond motifs is 2. The van der Waals surface area contributed by atoms with Crippen LogP contribution in [0.4, 0.5) is 5.69 Å². The van der Waals surface area contributed by atoms with E-state index in [1.54, 1.807) is 24.9 Å². The Morgan fingerprint density at radius 2 is 1.94 bits per heavy atom. The molecule has 0 saturated heterocycles. The summed E-state index contributed by atoms with van der Waals surface area (Å²) in [6.45, 7) is 5.65. The molecule has 6 aromatic rings. The molecular weight excluding hydrogens is 454 g/mol. The highest BCUT2D eigenvalue weighted by atomic mass is 16.1. The quantitative estimate of drug-likeness (QED) is 0.331. The molecule has 1 amide bonds. The van der Waals surface area contributed by atoms with Gasteiger partial charge in [0.15, 0.2) is 11.6 Å². The number of nitrogens with zero attached hydrogens (tertiary/aromatic N) is 6. The van der Waals surface area contributed by atoms with Crippen LogP contribution < -0.4 is 5.32 Å². The van der Waals surface area contributed by atoms with E-state index in [1.807, 2.05) is 61.9 Å². The maximum absolute atomic E-state index is 12.1. The van der Waals surface area contributed by atoms with Gasteiger partial charge < -0.3 is 10.3 Å². The normalized spacial score (nSPS) is 11.6. The van der Waals surface area contributed by atoms with Gasteiger partial charge in [-0.3, -0.25) is 19.4 Å². The molecule has 10 heteroatoms. The Hall–Kier alpha value is -4.86. The molecule has 0 spiro atoms. The second-order valence-electron chi connectivity index (χ2n) is 8.98. The van der Waals surface area contributed by atoms with Crippen LogP contribution in [0.15, 0.2) is 61.4 Å². The third-order valence-corrected chi connectivity index (χ3v) is 5.99. The van der Waals surface area contributed by atoms with Crippen molar-refractivity contribution >= 4 is 33.5 Å². The summed E-state index contributed by atoms with van der Waals surface area (Å²) in [6, 6.07) is 9.83. The summed E-state index contributed by atoms with van der Waals surface area (Å²) in [7, 11) is 0. The SMILES string of the molecule is Cc1cn(-c2nccc3[nH]c(-c4n[nH]c5ccc(-c6cncc(NC(=O)C(C)C)c6)cc45)nc23)cn1. The molecule has 0 bridgehead atoms. The fourth-order valence-electron chi connectivity index (χ4n) is 4.09. The van der Waals surface area contributed by atoms with Crippen LogP contribution in [-0.2, 0) is 4.79 Å². The second kappa shape index (κ2) is 8.42. The number of hydrogen-bond donors (Lipinski definition) is 3. The molecule has 0 radical (unpaired) electrons. The second-order valence-corrected chi connectivity index (χ2v) is 8.98. The predicted molar refractivity (Wildman–Crippen MR) is 138 cm³/mol. The van der Waals surface area contributed by atoms with Crippen LogP contribution in [-0.4, -0.2) is 45.6 Å². The Morgan fingerprint density at radius 1 is 1.06 bits per heavy atom. The van der Waals surface area contributed by atoms with Crippen LogP contribution >= 0.6 is 0 Å². The Bertz CT molecular complexity index is 1740. The number of carbonyl (C=O) groups excluding carboxylic acids is 1. The zero-order valence-corrected chi connectivity index (χ0v) is 19.9. The third kappa shape index (κ3) is 3.78. The summed E-state index contributed by atoms with van der Waals surface area (Å²) in [6.07, 6.45) is 8.81. The van der Waals surface area contributed by atoms with Gasteiger partial charge in [0.1, 0.15) is 17.5 Å². The molecule has 6 rings (SSSR count). The lowest BCUT2D eigenvalue weighted by molar-refractivity contribution is -0.118. The lowest BCUT2D eigenvalue weighted by Crippen LogP contribution is -2.17. The highest BCUT2D eigenvalue weighted by Crippen LogP contribution is 2.31. The van der Waals surface area contributed by atoms with Gasteiger partial charge in [0.25, 0.3) is 0 Å². The molecule has 36 heavy (non-hydrogen) atoms. The molecule has 178 valence electrons. The van der Waals surface area contributed by atoms with Crippen molar-refractivity contribution in [1.29, 1.82) is 0 Å². The predicted octanol–water partition coefficient (Wildman–Crippen LogP) is 4.65. The molecule has 0 aliphatic heterocycles. The van der Waals surface area contributed by atoms with E-state index in [0.29, 0.717) is 23.0 Å². The molecule has 0 aliphatic rings. The number of anilines is 1. The molecule has 0 saturated carbocycles. The van der Waals surface area contributed by atoms with Crippen LogP contribution in [0, 0.1) is 12.8 Å². The van der Waals surface area contributed by atoms with Gasteiger partial charge in [0, 0.05) is 35.5 Å². The summed E-state index contributed by atoms with van der Waals surface area (Å²) in [5, 5.41) is 11.5. The van der Waals surface area contributed by atoms with Gasteiger partial charge in [-0.25, -0.2) is 15.0 Å². The van der Waals surface area contributed by atoms with Crippen molar-refractivity contribution in [1.82, 2.24) is 39.7 Å². The first-order valence-electron chi connectivity index (χ1n) is 11.6. The minimum atomic E-state index is -0.115. The minimum absolute atomic E-state index is 0.0499. The van der Waals surface area contributed by atoms with E-state index < -0.39 is 0 Å². The summed E-state index contributed by atoms with van der Waals surface area (Å²) in [5.41, 5.74) is 6.57. The minimum Gasteiger partial charge on any atom is -0.336 e. The lowest BCUT2D eigenvalue weighted by atomic mass is 10.0. The van der Waals surface area contributed by atoms with Crippen LogP contribution in [0.25, 0.3) is 50.4 Å². The van der Waals surface area contributed by atoms with Crippen molar-refractivity contribution in [2.45, 2.75) is 20.8 Å². The van der Waals surface area contributed by atoms with E-state index in [0.717, 1.165) is 38.8 Å². The number of nitrogens with one attached hydrogen (secondary N) is 3. The highest BCUT2D eigenvalue weighted by Gasteiger charge is 2.17. The average Bonchev–Trinajstić information content (AvgIpc) is 3.61. The summed E-state index contributed by atoms with van der Waals surface area (Å²) >= 11 is 0. The van der Waals surface area contributed by atoms with E-state index in [2.05, 4.69) is 35.5 Å². The molecule has 10 nitrogen and oxygen atoms in total. The molecule has 5 aromatic heterocycles. The van der Waals surface area contributed by atoms with Gasteiger partial charge in [-0.15, -0.1) is 0 Å². The first-order chi connectivity index (χ1) is 17.5. The first kappa shape index (κ1) is 21.7. The Morgan fingerprint density at radius 3 is 2.75 bits per heavy atom. The molecule has 0 atom stereocenters. The fourth-order valence-corrected chi connectivity index (χ4v) is 4.09. The summed E-state index contributed by atoms with van der Waals surface area (Å²) < 4.78 is 1.86. The topological polar surface area (TPSA) is 130 Å². The number of aromatic nitrogens is 8. The molecule has 1 aromatic carbocycles. The van der Waals surface area contributed by atoms with Crippen molar-refractivity contribution in [3.63, 3.8) is 0 Å². The summed E-state index contributed by atoms with van der Waals surface area (Å²) in [5.74, 6) is 1.17. The van der Waals surface area contributed by atoms with E-state index in [9.17, 15) is 4.79 Å². The zero-order valence-electron chi connectivity index (χ0n) is 19.9. The van der Waals surface area contributed by atoms with Gasteiger partial charge in [-0.2, -0.15) is 5.10 Å². The molecule has 5 heterocycles. The number of amides is 1. The van der Waals surface area contributed by atoms with Crippen LogP contribution in [0.5, 0.6) is 0 Å². The molecule has 0 fully saturated rings. The van der Waals surface area contributed by atoms with Gasteiger partial charge >= 0.3 is 0 Å². The van der Waals surface area contributed by atoms with Crippen LogP contribution in [0.3, 0.4) is 0 Å². The van der Waals surface area contributed by atoms with Crippen LogP contribution in [0.1, 0.15) is 19.5 Å². The summed E-state index contributed by atoms with van der Waals surface area (Å²) in [4.78, 5) is 33.5. The molecule has 0 unspecified atom stereocenters. The fraction of sp³-hybridized carbons (Fsp3) is 0.154. The largest absolute Gasteiger partial charge is 0.336 e. The zero-order chi connectivity index (χ0) is 24.8. The highest BCUT2D eigenvalue weighted by molar-refractivity contribution is 5.97. The Balaban J connectivity index is 1.41. The van der Waals surface area contributed by atoms with Crippen molar-refractivity contribution in [2.75, 3.05) is 5.32 Å². The van der Waals surface area contributed by atoms with E-state index >= 15 is 0 Å². The van der Waals surface area contributed by atoms with Crippen molar-refractivity contribution in [3.05, 3.63) is 67.1 Å². The van der Waals surface area contributed by atoms with Crippen molar-refractivity contribution in [3.8, 4) is 28.5 Å². The number of rotatable bonds is 5. The Labute approximate surface area is 205 Å². The first-order valence-corrected chi connectivity index (χ1v) is 11.6. The van der Waals surface area contributed by atoms with Gasteiger partial charge in [-0.05, 0) is 36.8 Å². The Kier molecular flexibility index (Phi) is 5.06. The van der Waals surface area contributed by atoms with E-state index in [-0.39, 0.29) is 11.8 Å². The number of imidazole rings is 2. The van der Waals surface area contributed by atoms with Crippen molar-refractivity contribution in [2.24, 2.45) is 5.92 Å². The number of carbonyl (C=O) groups is 1. The average molecular weight is 478 g/mol. The van der Waals surface area contributed by atoms with Gasteiger partial charge in [0.2, 0.25) is 5.91 Å². The number of aromatic amines is 2. The monoisotopic (exact) mass is 477 g/mol. The van der Waals surface area contributed by atoms with Crippen molar-refractivity contribution < 1.29 is 4.79 Å². The third-order valence-electron chi connectivity index (χ3n) is 5.99. The number of hydrogen-bond acceptors (Lipinski definition) is 6. The maximum Gasteiger partial charge on any atom is 0.226 e. The standard InChI is InChI=1S/C26H23N9O/c1-14(2)26(36)30-18-8-17(10-27-11-18)16-4-5-20-19(9-16)22(34-33-20)24-31-21-6-7-28-25(23(21)32-24)35-12-15(3)29-13-35/h4-14H,1-3H3,(H,30,36)(H,31,32)(H,33,34).